The molecule has 1 aliphatic rings. The molecular formula is C7H12N2. The van der Waals surface area contributed by atoms with E-state index in [1.54, 1.807) is 0 Å². The number of aliphatic imine (C=N–C) groups is 2. The molecule has 1 rings (SSSR count). The predicted molar refractivity (Wildman–Crippen MR) is 40.6 cm³/mol. The van der Waals surface area contributed by atoms with Crippen molar-refractivity contribution in [3.05, 3.63) is 0 Å². The average molecular weight is 124 g/mol. The molecule has 50 valence electrons. The van der Waals surface area contributed by atoms with E-state index in [4.69, 9.17) is 0 Å². The van der Waals surface area contributed by atoms with Crippen LogP contribution in [0.1, 0.15) is 19.8 Å². The van der Waals surface area contributed by atoms with Crippen LogP contribution in [-0.2, 0) is 0 Å². The molecule has 0 radical (unpaired) electrons. The van der Waals surface area contributed by atoms with Gasteiger partial charge in [-0.2, -0.15) is 0 Å². The van der Waals surface area contributed by atoms with Crippen LogP contribution in [0.25, 0.3) is 0 Å². The summed E-state index contributed by atoms with van der Waals surface area (Å²) in [5.74, 6) is 0. The van der Waals surface area contributed by atoms with E-state index >= 15 is 0 Å². The number of hydrogen-bond donors (Lipinski definition) is 0. The van der Waals surface area contributed by atoms with Gasteiger partial charge < -0.3 is 0 Å². The van der Waals surface area contributed by atoms with Gasteiger partial charge in [0.2, 0.25) is 0 Å². The van der Waals surface area contributed by atoms with Crippen molar-refractivity contribution < 1.29 is 0 Å². The molecule has 0 N–H and O–H groups in total. The van der Waals surface area contributed by atoms with Crippen LogP contribution in [0, 0.1) is 0 Å². The Bertz CT molecular complexity index is 136. The molecule has 1 aliphatic heterocycles. The van der Waals surface area contributed by atoms with Crippen LogP contribution in [0.5, 0.6) is 0 Å². The van der Waals surface area contributed by atoms with Crippen LogP contribution in [0.2, 0.25) is 0 Å². The van der Waals surface area contributed by atoms with E-state index in [1.165, 1.54) is 0 Å². The summed E-state index contributed by atoms with van der Waals surface area (Å²) in [6, 6.07) is 0. The highest BCUT2D eigenvalue weighted by Crippen LogP contribution is 1.92. The maximum Gasteiger partial charge on any atom is 0.0523 e. The van der Waals surface area contributed by atoms with Gasteiger partial charge in [0.25, 0.3) is 0 Å². The van der Waals surface area contributed by atoms with Gasteiger partial charge in [-0.1, -0.05) is 6.92 Å². The maximum atomic E-state index is 4.31. The second-order valence-corrected chi connectivity index (χ2v) is 2.12. The van der Waals surface area contributed by atoms with Crippen LogP contribution >= 0.6 is 0 Å². The first-order valence-corrected chi connectivity index (χ1v) is 3.46. The summed E-state index contributed by atoms with van der Waals surface area (Å²) in [4.78, 5) is 8.48. The lowest BCUT2D eigenvalue weighted by Gasteiger charge is -1.89. The zero-order valence-electron chi connectivity index (χ0n) is 5.80. The first kappa shape index (κ1) is 6.46. The Morgan fingerprint density at radius 1 is 1.56 bits per heavy atom. The summed E-state index contributed by atoms with van der Waals surface area (Å²) in [5, 5.41) is 0. The third-order valence-electron chi connectivity index (χ3n) is 1.36. The topological polar surface area (TPSA) is 24.7 Å². The van der Waals surface area contributed by atoms with Gasteiger partial charge in [0.1, 0.15) is 0 Å². The summed E-state index contributed by atoms with van der Waals surface area (Å²) in [5.41, 5.74) is 1.15. The fourth-order valence-corrected chi connectivity index (χ4v) is 0.799. The highest BCUT2D eigenvalue weighted by atomic mass is 14.8. The molecule has 2 heteroatoms. The molecule has 0 unspecified atom stereocenters. The third kappa shape index (κ3) is 1.96. The largest absolute Gasteiger partial charge is 0.291 e. The molecular weight excluding hydrogens is 112 g/mol. The van der Waals surface area contributed by atoms with Crippen molar-refractivity contribution in [3.63, 3.8) is 0 Å². The van der Waals surface area contributed by atoms with Crippen molar-refractivity contribution in [2.75, 3.05) is 13.1 Å². The van der Waals surface area contributed by atoms with Crippen LogP contribution in [0.4, 0.5) is 0 Å². The first-order chi connectivity index (χ1) is 4.43. The smallest absolute Gasteiger partial charge is 0.0523 e. The van der Waals surface area contributed by atoms with Crippen molar-refractivity contribution in [1.82, 2.24) is 0 Å². The molecule has 9 heavy (non-hydrogen) atoms. The summed E-state index contributed by atoms with van der Waals surface area (Å²) in [7, 11) is 0. The van der Waals surface area contributed by atoms with E-state index in [1.807, 2.05) is 6.21 Å². The van der Waals surface area contributed by atoms with Gasteiger partial charge in [0.05, 0.1) is 5.71 Å². The molecule has 0 atom stereocenters. The van der Waals surface area contributed by atoms with Gasteiger partial charge in [-0.05, 0) is 12.8 Å². The molecule has 0 amide bonds. The highest BCUT2D eigenvalue weighted by Gasteiger charge is 1.93. The van der Waals surface area contributed by atoms with Crippen molar-refractivity contribution in [2.45, 2.75) is 19.8 Å². The van der Waals surface area contributed by atoms with Crippen LogP contribution < -0.4 is 0 Å². The van der Waals surface area contributed by atoms with Crippen molar-refractivity contribution in [2.24, 2.45) is 9.98 Å². The minimum Gasteiger partial charge on any atom is -0.291 e. The van der Waals surface area contributed by atoms with Gasteiger partial charge in [0.15, 0.2) is 0 Å². The maximum absolute atomic E-state index is 4.31. The Kier molecular flexibility index (Phi) is 2.43. The molecule has 0 fully saturated rings. The van der Waals surface area contributed by atoms with E-state index in [0.717, 1.165) is 31.6 Å². The number of rotatable bonds is 1. The normalized spacial score (nSPS) is 19.0. The third-order valence-corrected chi connectivity index (χ3v) is 1.36. The lowest BCUT2D eigenvalue weighted by molar-refractivity contribution is 0.856. The average Bonchev–Trinajstić information content (AvgIpc) is 2.13. The van der Waals surface area contributed by atoms with E-state index in [2.05, 4.69) is 16.9 Å². The Morgan fingerprint density at radius 2 is 2.44 bits per heavy atom. The number of hydrogen-bond acceptors (Lipinski definition) is 2. The Hall–Kier alpha value is -0.660. The summed E-state index contributed by atoms with van der Waals surface area (Å²) in [6.07, 6.45) is 4.02. The van der Waals surface area contributed by atoms with Gasteiger partial charge in [-0.25, -0.2) is 0 Å². The van der Waals surface area contributed by atoms with E-state index in [0.29, 0.717) is 0 Å². The Morgan fingerprint density at radius 3 is 3.22 bits per heavy atom. The number of nitrogens with zero attached hydrogens (tertiary/aromatic N) is 2. The van der Waals surface area contributed by atoms with E-state index < -0.39 is 0 Å². The van der Waals surface area contributed by atoms with Crippen LogP contribution in [0.3, 0.4) is 0 Å². The molecule has 0 aromatic carbocycles. The molecule has 0 aromatic rings. The zero-order valence-corrected chi connectivity index (χ0v) is 5.80. The molecule has 1 heterocycles. The van der Waals surface area contributed by atoms with Crippen LogP contribution in [-0.4, -0.2) is 25.0 Å². The van der Waals surface area contributed by atoms with Crippen LogP contribution in [0.15, 0.2) is 9.98 Å². The molecule has 2 nitrogen and oxygen atoms in total. The van der Waals surface area contributed by atoms with Gasteiger partial charge in [0, 0.05) is 19.3 Å². The second kappa shape index (κ2) is 3.38. The molecule has 0 spiro atoms. The molecule has 0 saturated heterocycles. The minimum atomic E-state index is 0.951. The Balaban J connectivity index is 2.53. The van der Waals surface area contributed by atoms with Crippen molar-refractivity contribution in [3.8, 4) is 0 Å². The standard InChI is InChI=1S/C7H12N2/c1-2-7-6-8-4-3-5-9-7/h6H,2-5H2,1H3. The zero-order chi connectivity index (χ0) is 6.53. The second-order valence-electron chi connectivity index (χ2n) is 2.12. The lowest BCUT2D eigenvalue weighted by Crippen LogP contribution is -1.96. The lowest BCUT2D eigenvalue weighted by atomic mass is 10.3. The van der Waals surface area contributed by atoms with Gasteiger partial charge >= 0.3 is 0 Å². The first-order valence-electron chi connectivity index (χ1n) is 3.46. The summed E-state index contributed by atoms with van der Waals surface area (Å²) < 4.78 is 0. The molecule has 0 bridgehead atoms. The van der Waals surface area contributed by atoms with Crippen molar-refractivity contribution >= 4 is 11.9 Å². The fraction of sp³-hybridized carbons (Fsp3) is 0.714. The van der Waals surface area contributed by atoms with E-state index in [9.17, 15) is 0 Å². The fourth-order valence-electron chi connectivity index (χ4n) is 0.799. The minimum absolute atomic E-state index is 0.951. The summed E-state index contributed by atoms with van der Waals surface area (Å²) in [6.45, 7) is 4.02. The molecule has 0 aromatic heterocycles. The highest BCUT2D eigenvalue weighted by molar-refractivity contribution is 6.30. The van der Waals surface area contributed by atoms with Crippen molar-refractivity contribution in [1.29, 1.82) is 0 Å². The van der Waals surface area contributed by atoms with Gasteiger partial charge in [-0.3, -0.25) is 9.98 Å². The Labute approximate surface area is 55.7 Å². The SMILES string of the molecule is CCC1=NCCCN=C1. The molecule has 0 aliphatic carbocycles. The summed E-state index contributed by atoms with van der Waals surface area (Å²) >= 11 is 0. The predicted octanol–water partition coefficient (Wildman–Crippen LogP) is 1.31. The monoisotopic (exact) mass is 124 g/mol. The van der Waals surface area contributed by atoms with Gasteiger partial charge in [-0.15, -0.1) is 0 Å². The van der Waals surface area contributed by atoms with E-state index in [-0.39, 0.29) is 0 Å². The quantitative estimate of drug-likeness (QED) is 0.503. The molecule has 0 saturated carbocycles.